The van der Waals surface area contributed by atoms with Crippen LogP contribution in [0.15, 0.2) is 48.5 Å². The zero-order valence-electron chi connectivity index (χ0n) is 20.8. The number of rotatable bonds is 6. The maximum absolute atomic E-state index is 13.3. The highest BCUT2D eigenvalue weighted by molar-refractivity contribution is 5.86. The minimum absolute atomic E-state index is 0.194. The van der Waals surface area contributed by atoms with Crippen LogP contribution < -0.4 is 4.90 Å². The molecule has 35 heavy (non-hydrogen) atoms. The molecule has 0 radical (unpaired) electrons. The standard InChI is InChI=1S/C29H32FN5/c1-20(2)8-13-24-21(3)25(18-31)28-32-26-6-4-5-7-27(26)35(28)29(24)34-16-14-33(15-17-34)19-22-9-11-23(30)12-10-22/h4-7,9-12,20H,8,13-17,19H2,1-3H3. The highest BCUT2D eigenvalue weighted by Crippen LogP contribution is 2.35. The van der Waals surface area contributed by atoms with Crippen molar-refractivity contribution in [3.05, 3.63) is 76.6 Å². The van der Waals surface area contributed by atoms with Crippen molar-refractivity contribution >= 4 is 22.5 Å². The largest absolute Gasteiger partial charge is 0.355 e. The molecular weight excluding hydrogens is 437 g/mol. The Morgan fingerprint density at radius 1 is 1.03 bits per heavy atom. The summed E-state index contributed by atoms with van der Waals surface area (Å²) in [4.78, 5) is 9.80. The van der Waals surface area contributed by atoms with Crippen molar-refractivity contribution in [3.8, 4) is 6.07 Å². The Morgan fingerprint density at radius 3 is 2.43 bits per heavy atom. The quantitative estimate of drug-likeness (QED) is 0.363. The molecule has 1 aliphatic heterocycles. The fourth-order valence-corrected chi connectivity index (χ4v) is 5.19. The summed E-state index contributed by atoms with van der Waals surface area (Å²) in [5.74, 6) is 1.57. The zero-order valence-corrected chi connectivity index (χ0v) is 20.8. The van der Waals surface area contributed by atoms with E-state index in [0.29, 0.717) is 11.5 Å². The Morgan fingerprint density at radius 2 is 1.74 bits per heavy atom. The summed E-state index contributed by atoms with van der Waals surface area (Å²) >= 11 is 0. The van der Waals surface area contributed by atoms with Gasteiger partial charge in [0, 0.05) is 32.7 Å². The van der Waals surface area contributed by atoms with Gasteiger partial charge in [0.2, 0.25) is 0 Å². The molecule has 0 unspecified atom stereocenters. The first-order chi connectivity index (χ1) is 17.0. The summed E-state index contributed by atoms with van der Waals surface area (Å²) in [6.07, 6.45) is 2.01. The van der Waals surface area contributed by atoms with E-state index in [1.807, 2.05) is 30.3 Å². The van der Waals surface area contributed by atoms with E-state index < -0.39 is 0 Å². The van der Waals surface area contributed by atoms with Gasteiger partial charge in [-0.3, -0.25) is 9.30 Å². The molecule has 0 N–H and O–H groups in total. The van der Waals surface area contributed by atoms with Gasteiger partial charge < -0.3 is 4.90 Å². The van der Waals surface area contributed by atoms with Crippen LogP contribution in [0, 0.1) is 30.0 Å². The third kappa shape index (κ3) is 4.49. The van der Waals surface area contributed by atoms with Crippen molar-refractivity contribution in [1.29, 1.82) is 5.26 Å². The molecule has 0 atom stereocenters. The first-order valence-electron chi connectivity index (χ1n) is 12.5. The fourth-order valence-electron chi connectivity index (χ4n) is 5.19. The van der Waals surface area contributed by atoms with Gasteiger partial charge in [0.1, 0.15) is 17.7 Å². The van der Waals surface area contributed by atoms with E-state index in [4.69, 9.17) is 4.98 Å². The van der Waals surface area contributed by atoms with Gasteiger partial charge in [-0.15, -0.1) is 0 Å². The molecular formula is C29H32FN5. The summed E-state index contributed by atoms with van der Waals surface area (Å²) in [6.45, 7) is 11.0. The number of aromatic nitrogens is 2. The number of hydrogen-bond donors (Lipinski definition) is 0. The summed E-state index contributed by atoms with van der Waals surface area (Å²) in [5, 5.41) is 10.1. The molecule has 6 heteroatoms. The molecule has 0 amide bonds. The summed E-state index contributed by atoms with van der Waals surface area (Å²) < 4.78 is 15.5. The lowest BCUT2D eigenvalue weighted by Crippen LogP contribution is -2.47. The van der Waals surface area contributed by atoms with Crippen LogP contribution in [0.5, 0.6) is 0 Å². The fraction of sp³-hybridized carbons (Fsp3) is 0.379. The predicted molar refractivity (Wildman–Crippen MR) is 139 cm³/mol. The van der Waals surface area contributed by atoms with Gasteiger partial charge in [-0.2, -0.15) is 5.26 Å². The maximum atomic E-state index is 13.3. The van der Waals surface area contributed by atoms with Crippen LogP contribution in [0.25, 0.3) is 16.7 Å². The average molecular weight is 470 g/mol. The van der Waals surface area contributed by atoms with Crippen molar-refractivity contribution in [2.24, 2.45) is 5.92 Å². The van der Waals surface area contributed by atoms with E-state index in [0.717, 1.165) is 73.4 Å². The van der Waals surface area contributed by atoms with E-state index >= 15 is 0 Å². The minimum Gasteiger partial charge on any atom is -0.355 e. The number of nitriles is 1. The van der Waals surface area contributed by atoms with Crippen LogP contribution >= 0.6 is 0 Å². The van der Waals surface area contributed by atoms with Gasteiger partial charge in [0.25, 0.3) is 0 Å². The summed E-state index contributed by atoms with van der Waals surface area (Å²) in [6, 6.07) is 17.4. The van der Waals surface area contributed by atoms with Gasteiger partial charge >= 0.3 is 0 Å². The SMILES string of the molecule is Cc1c(CCC(C)C)c(N2CCN(Cc3ccc(F)cc3)CC2)n2c(nc3ccccc32)c1C#N. The van der Waals surface area contributed by atoms with Crippen molar-refractivity contribution < 1.29 is 4.39 Å². The van der Waals surface area contributed by atoms with Crippen LogP contribution in [0.3, 0.4) is 0 Å². The second kappa shape index (κ2) is 9.67. The Kier molecular flexibility index (Phi) is 6.44. The number of benzene rings is 2. The molecule has 0 spiro atoms. The molecule has 4 aromatic rings. The van der Waals surface area contributed by atoms with Crippen molar-refractivity contribution in [2.75, 3.05) is 31.1 Å². The molecule has 2 aromatic heterocycles. The van der Waals surface area contributed by atoms with Crippen molar-refractivity contribution in [1.82, 2.24) is 14.3 Å². The number of anilines is 1. The van der Waals surface area contributed by atoms with Gasteiger partial charge in [0.05, 0.1) is 16.6 Å². The molecule has 3 heterocycles. The second-order valence-corrected chi connectivity index (χ2v) is 10.00. The number of pyridine rings is 1. The average Bonchev–Trinajstić information content (AvgIpc) is 3.23. The molecule has 1 saturated heterocycles. The molecule has 5 nitrogen and oxygen atoms in total. The lowest BCUT2D eigenvalue weighted by Gasteiger charge is -2.38. The molecule has 0 aliphatic carbocycles. The molecule has 1 aliphatic rings. The van der Waals surface area contributed by atoms with Crippen LogP contribution in [-0.2, 0) is 13.0 Å². The number of piperazine rings is 1. The normalized spacial score (nSPS) is 14.8. The number of imidazole rings is 1. The lowest BCUT2D eigenvalue weighted by atomic mass is 9.96. The Bertz CT molecular complexity index is 1390. The van der Waals surface area contributed by atoms with E-state index in [1.54, 1.807) is 0 Å². The van der Waals surface area contributed by atoms with Crippen molar-refractivity contribution in [3.63, 3.8) is 0 Å². The van der Waals surface area contributed by atoms with Gasteiger partial charge in [-0.25, -0.2) is 9.37 Å². The summed E-state index contributed by atoms with van der Waals surface area (Å²) in [7, 11) is 0. The minimum atomic E-state index is -0.194. The Balaban J connectivity index is 1.55. The molecule has 180 valence electrons. The smallest absolute Gasteiger partial charge is 0.157 e. The van der Waals surface area contributed by atoms with E-state index in [9.17, 15) is 9.65 Å². The highest BCUT2D eigenvalue weighted by atomic mass is 19.1. The van der Waals surface area contributed by atoms with Crippen LogP contribution in [0.2, 0.25) is 0 Å². The third-order valence-corrected chi connectivity index (χ3v) is 7.17. The highest BCUT2D eigenvalue weighted by Gasteiger charge is 2.26. The monoisotopic (exact) mass is 469 g/mol. The predicted octanol–water partition coefficient (Wildman–Crippen LogP) is 5.72. The molecule has 2 aromatic carbocycles. The van der Waals surface area contributed by atoms with Crippen molar-refractivity contribution in [2.45, 2.75) is 40.2 Å². The topological polar surface area (TPSA) is 47.6 Å². The van der Waals surface area contributed by atoms with Crippen LogP contribution in [-0.4, -0.2) is 40.5 Å². The lowest BCUT2D eigenvalue weighted by molar-refractivity contribution is 0.249. The van der Waals surface area contributed by atoms with Crippen LogP contribution in [0.1, 0.15) is 42.5 Å². The first kappa shape index (κ1) is 23.3. The van der Waals surface area contributed by atoms with E-state index in [2.05, 4.69) is 47.1 Å². The van der Waals surface area contributed by atoms with Gasteiger partial charge in [0.15, 0.2) is 5.65 Å². The maximum Gasteiger partial charge on any atom is 0.157 e. The number of para-hydroxylation sites is 2. The van der Waals surface area contributed by atoms with E-state index in [1.165, 1.54) is 23.5 Å². The Hall–Kier alpha value is -3.43. The van der Waals surface area contributed by atoms with Gasteiger partial charge in [-0.1, -0.05) is 38.1 Å². The second-order valence-electron chi connectivity index (χ2n) is 10.00. The first-order valence-corrected chi connectivity index (χ1v) is 12.5. The zero-order chi connectivity index (χ0) is 24.5. The molecule has 0 saturated carbocycles. The van der Waals surface area contributed by atoms with Crippen LogP contribution in [0.4, 0.5) is 10.2 Å². The number of hydrogen-bond acceptors (Lipinski definition) is 4. The van der Waals surface area contributed by atoms with E-state index in [-0.39, 0.29) is 5.82 Å². The summed E-state index contributed by atoms with van der Waals surface area (Å²) in [5.41, 5.74) is 6.85. The van der Waals surface area contributed by atoms with Gasteiger partial charge in [-0.05, 0) is 66.6 Å². The molecule has 0 bridgehead atoms. The molecule has 5 rings (SSSR count). The third-order valence-electron chi connectivity index (χ3n) is 7.17. The molecule has 1 fully saturated rings. The number of nitrogens with zero attached hydrogens (tertiary/aromatic N) is 5. The number of halogens is 1. The number of fused-ring (bicyclic) bond motifs is 3. The Labute approximate surface area is 206 Å².